The van der Waals surface area contributed by atoms with Gasteiger partial charge >= 0.3 is 0 Å². The third-order valence-corrected chi connectivity index (χ3v) is 4.14. The maximum absolute atomic E-state index is 11.1. The number of hydrogen-bond acceptors (Lipinski definition) is 3. The number of hydrogen-bond donors (Lipinski definition) is 1. The highest BCUT2D eigenvalue weighted by molar-refractivity contribution is 5.10. The van der Waals surface area contributed by atoms with Crippen LogP contribution in [0.25, 0.3) is 0 Å². The van der Waals surface area contributed by atoms with Crippen LogP contribution in [0.15, 0.2) is 6.33 Å². The molecule has 0 spiro atoms. The molecule has 1 heterocycles. The first-order valence-corrected chi connectivity index (χ1v) is 6.51. The zero-order valence-electron chi connectivity index (χ0n) is 11.3. The van der Waals surface area contributed by atoms with E-state index in [0.29, 0.717) is 0 Å². The van der Waals surface area contributed by atoms with E-state index in [1.54, 1.807) is 6.33 Å². The Bertz CT molecular complexity index is 397. The van der Waals surface area contributed by atoms with E-state index >= 15 is 0 Å². The molecule has 1 N–H and O–H groups in total. The lowest BCUT2D eigenvalue weighted by atomic mass is 9.65. The summed E-state index contributed by atoms with van der Waals surface area (Å²) in [5, 5.41) is 15.3. The van der Waals surface area contributed by atoms with Crippen LogP contribution in [0, 0.1) is 5.41 Å². The zero-order valence-corrected chi connectivity index (χ0v) is 11.3. The number of rotatable bonds is 2. The van der Waals surface area contributed by atoms with Crippen LogP contribution in [0.4, 0.5) is 0 Å². The minimum Gasteiger partial charge on any atom is -0.381 e. The summed E-state index contributed by atoms with van der Waals surface area (Å²) in [4.78, 5) is 4.33. The van der Waals surface area contributed by atoms with Crippen LogP contribution in [0.2, 0.25) is 0 Å². The van der Waals surface area contributed by atoms with Gasteiger partial charge in [0.1, 0.15) is 11.9 Å². The van der Waals surface area contributed by atoms with Gasteiger partial charge in [-0.05, 0) is 26.7 Å². The van der Waals surface area contributed by atoms with Gasteiger partial charge in [0.25, 0.3) is 0 Å². The summed E-state index contributed by atoms with van der Waals surface area (Å²) in [7, 11) is 0. The van der Waals surface area contributed by atoms with Gasteiger partial charge in [0.2, 0.25) is 0 Å². The molecule has 1 aromatic rings. The highest BCUT2D eigenvalue weighted by Gasteiger charge is 2.49. The van der Waals surface area contributed by atoms with Gasteiger partial charge in [0, 0.05) is 11.5 Å². The molecule has 1 aromatic heterocycles. The van der Waals surface area contributed by atoms with Crippen LogP contribution in [0.5, 0.6) is 0 Å². The minimum absolute atomic E-state index is 0.134. The molecule has 2 rings (SSSR count). The van der Waals surface area contributed by atoms with Crippen LogP contribution in [-0.2, 0) is 5.60 Å². The van der Waals surface area contributed by atoms with Gasteiger partial charge in [0.05, 0.1) is 0 Å². The summed E-state index contributed by atoms with van der Waals surface area (Å²) < 4.78 is 1.85. The average molecular weight is 237 g/mol. The number of aliphatic hydroxyl groups is 1. The van der Waals surface area contributed by atoms with Gasteiger partial charge in [-0.25, -0.2) is 9.67 Å². The fraction of sp³-hybridized carbons (Fsp3) is 0.846. The molecule has 1 unspecified atom stereocenters. The fourth-order valence-corrected chi connectivity index (χ4v) is 2.83. The third-order valence-electron chi connectivity index (χ3n) is 4.14. The molecule has 1 atom stereocenters. The second-order valence-electron chi connectivity index (χ2n) is 6.07. The Kier molecular flexibility index (Phi) is 3.02. The van der Waals surface area contributed by atoms with Gasteiger partial charge < -0.3 is 5.11 Å². The monoisotopic (exact) mass is 237 g/mol. The van der Waals surface area contributed by atoms with Crippen LogP contribution < -0.4 is 0 Å². The van der Waals surface area contributed by atoms with E-state index in [0.717, 1.165) is 25.1 Å². The summed E-state index contributed by atoms with van der Waals surface area (Å²) in [5.74, 6) is 0.734. The predicted molar refractivity (Wildman–Crippen MR) is 66.6 cm³/mol. The van der Waals surface area contributed by atoms with Gasteiger partial charge in [-0.15, -0.1) is 0 Å². The molecule has 0 amide bonds. The normalized spacial score (nSPS) is 28.6. The van der Waals surface area contributed by atoms with Gasteiger partial charge in [-0.2, -0.15) is 5.10 Å². The quantitative estimate of drug-likeness (QED) is 0.860. The molecule has 0 saturated heterocycles. The Hall–Kier alpha value is -0.900. The van der Waals surface area contributed by atoms with Crippen LogP contribution in [0.3, 0.4) is 0 Å². The predicted octanol–water partition coefficient (Wildman–Crippen LogP) is 2.65. The van der Waals surface area contributed by atoms with Crippen molar-refractivity contribution in [3.8, 4) is 0 Å². The Morgan fingerprint density at radius 2 is 1.94 bits per heavy atom. The van der Waals surface area contributed by atoms with Crippen molar-refractivity contribution in [2.45, 2.75) is 65.0 Å². The lowest BCUT2D eigenvalue weighted by molar-refractivity contribution is -0.113. The van der Waals surface area contributed by atoms with E-state index in [9.17, 15) is 5.11 Å². The maximum Gasteiger partial charge on any atom is 0.159 e. The van der Waals surface area contributed by atoms with Crippen molar-refractivity contribution in [2.75, 3.05) is 0 Å². The molecule has 0 aromatic carbocycles. The first kappa shape index (κ1) is 12.6. The van der Waals surface area contributed by atoms with Crippen LogP contribution >= 0.6 is 0 Å². The van der Waals surface area contributed by atoms with E-state index in [2.05, 4.69) is 37.8 Å². The summed E-state index contributed by atoms with van der Waals surface area (Å²) in [6, 6.07) is 0.231. The Morgan fingerprint density at radius 3 is 2.53 bits per heavy atom. The topological polar surface area (TPSA) is 50.9 Å². The first-order valence-electron chi connectivity index (χ1n) is 6.51. The van der Waals surface area contributed by atoms with Crippen molar-refractivity contribution in [3.63, 3.8) is 0 Å². The maximum atomic E-state index is 11.1. The molecular formula is C13H23N3O. The van der Waals surface area contributed by atoms with E-state index < -0.39 is 5.60 Å². The summed E-state index contributed by atoms with van der Waals surface area (Å²) in [5.41, 5.74) is -0.975. The zero-order chi connectivity index (χ0) is 12.7. The number of nitrogens with zero attached hydrogens (tertiary/aromatic N) is 3. The smallest absolute Gasteiger partial charge is 0.159 e. The Labute approximate surface area is 103 Å². The van der Waals surface area contributed by atoms with Gasteiger partial charge in [-0.1, -0.05) is 26.7 Å². The van der Waals surface area contributed by atoms with E-state index in [1.807, 2.05) is 4.68 Å². The molecule has 1 aliphatic carbocycles. The molecule has 96 valence electrons. The van der Waals surface area contributed by atoms with Crippen molar-refractivity contribution >= 4 is 0 Å². The van der Waals surface area contributed by atoms with Gasteiger partial charge in [0.15, 0.2) is 5.82 Å². The first-order chi connectivity index (χ1) is 7.88. The van der Waals surface area contributed by atoms with E-state index in [-0.39, 0.29) is 11.5 Å². The van der Waals surface area contributed by atoms with Crippen molar-refractivity contribution in [1.29, 1.82) is 0 Å². The fourth-order valence-electron chi connectivity index (χ4n) is 2.83. The SMILES string of the molecule is CC(C)n1ncnc1C1(O)CCCCC1(C)C. The molecule has 1 aliphatic rings. The summed E-state index contributed by atoms with van der Waals surface area (Å²) >= 11 is 0. The Morgan fingerprint density at radius 1 is 1.29 bits per heavy atom. The van der Waals surface area contributed by atoms with Gasteiger partial charge in [-0.3, -0.25) is 0 Å². The molecule has 17 heavy (non-hydrogen) atoms. The van der Waals surface area contributed by atoms with Crippen molar-refractivity contribution in [1.82, 2.24) is 14.8 Å². The van der Waals surface area contributed by atoms with Crippen molar-refractivity contribution in [3.05, 3.63) is 12.2 Å². The van der Waals surface area contributed by atoms with Crippen molar-refractivity contribution < 1.29 is 5.11 Å². The summed E-state index contributed by atoms with van der Waals surface area (Å²) in [6.45, 7) is 8.39. The molecule has 0 radical (unpaired) electrons. The Balaban J connectivity index is 2.46. The molecule has 4 heteroatoms. The lowest BCUT2D eigenvalue weighted by Gasteiger charge is -2.45. The third kappa shape index (κ3) is 1.88. The van der Waals surface area contributed by atoms with E-state index in [4.69, 9.17) is 0 Å². The van der Waals surface area contributed by atoms with Crippen molar-refractivity contribution in [2.24, 2.45) is 5.41 Å². The highest BCUT2D eigenvalue weighted by atomic mass is 16.3. The molecule has 0 aliphatic heterocycles. The minimum atomic E-state index is -0.841. The molecule has 1 fully saturated rings. The largest absolute Gasteiger partial charge is 0.381 e. The lowest BCUT2D eigenvalue weighted by Crippen LogP contribution is -2.46. The average Bonchev–Trinajstić information content (AvgIpc) is 2.71. The standard InChI is InChI=1S/C13H23N3O/c1-10(2)16-11(14-9-15-16)13(17)8-6-5-7-12(13,3)4/h9-10,17H,5-8H2,1-4H3. The second-order valence-corrected chi connectivity index (χ2v) is 6.07. The van der Waals surface area contributed by atoms with E-state index in [1.165, 1.54) is 6.42 Å². The van der Waals surface area contributed by atoms with Crippen LogP contribution in [0.1, 0.15) is 65.2 Å². The molecular weight excluding hydrogens is 214 g/mol. The highest BCUT2D eigenvalue weighted by Crippen LogP contribution is 2.49. The molecule has 4 nitrogen and oxygen atoms in total. The molecule has 1 saturated carbocycles. The summed E-state index contributed by atoms with van der Waals surface area (Å²) in [6.07, 6.45) is 5.62. The second kappa shape index (κ2) is 4.09. The van der Waals surface area contributed by atoms with Crippen LogP contribution in [-0.4, -0.2) is 19.9 Å². The molecule has 0 bridgehead atoms. The number of aromatic nitrogens is 3.